The van der Waals surface area contributed by atoms with Gasteiger partial charge in [0.25, 0.3) is 0 Å². The second-order valence-corrected chi connectivity index (χ2v) is 8.90. The Morgan fingerprint density at radius 3 is 2.93 bits per heavy atom. The molecule has 3 saturated heterocycles. The summed E-state index contributed by atoms with van der Waals surface area (Å²) in [5, 5.41) is 7.88. The number of guanidine groups is 1. The maximum Gasteiger partial charge on any atom is 0.191 e. The average molecular weight is 405 g/mol. The van der Waals surface area contributed by atoms with Gasteiger partial charge in [0.2, 0.25) is 0 Å². The summed E-state index contributed by atoms with van der Waals surface area (Å²) in [4.78, 5) is 7.45. The highest BCUT2D eigenvalue weighted by Gasteiger charge is 2.41. The number of likely N-dealkylation sites (tertiary alicyclic amines) is 1. The van der Waals surface area contributed by atoms with E-state index in [-0.39, 0.29) is 0 Å². The molecule has 28 heavy (non-hydrogen) atoms. The van der Waals surface area contributed by atoms with Crippen molar-refractivity contribution in [2.45, 2.75) is 63.3 Å². The molecule has 5 nitrogen and oxygen atoms in total. The smallest absolute Gasteiger partial charge is 0.191 e. The van der Waals surface area contributed by atoms with Gasteiger partial charge in [0.1, 0.15) is 0 Å². The van der Waals surface area contributed by atoms with Crippen LogP contribution in [-0.4, -0.2) is 55.8 Å². The standard InChI is InChI=1S/C22H33ClN4O/c1-3-24-22(26-19-13-18-9-10-20(19)28-18)25-14-16-7-5-11-27(2)21(16)15-6-4-8-17(23)12-15/h4,6,8,12,16,18-21H,3,5,7,9-11,13-14H2,1-2H3,(H2,24,25,26). The van der Waals surface area contributed by atoms with Gasteiger partial charge in [-0.25, -0.2) is 0 Å². The maximum absolute atomic E-state index is 6.28. The van der Waals surface area contributed by atoms with Crippen molar-refractivity contribution in [2.75, 3.05) is 26.7 Å². The molecule has 5 unspecified atom stereocenters. The van der Waals surface area contributed by atoms with Gasteiger partial charge in [0, 0.05) is 24.2 Å². The first-order valence-electron chi connectivity index (χ1n) is 10.8. The van der Waals surface area contributed by atoms with Gasteiger partial charge in [-0.05, 0) is 76.2 Å². The quantitative estimate of drug-likeness (QED) is 0.581. The van der Waals surface area contributed by atoms with E-state index in [1.165, 1.54) is 31.2 Å². The van der Waals surface area contributed by atoms with E-state index in [4.69, 9.17) is 21.3 Å². The van der Waals surface area contributed by atoms with Crippen LogP contribution in [0.25, 0.3) is 0 Å². The first kappa shape index (κ1) is 20.0. The van der Waals surface area contributed by atoms with E-state index in [2.05, 4.69) is 47.7 Å². The largest absolute Gasteiger partial charge is 0.373 e. The summed E-state index contributed by atoms with van der Waals surface area (Å²) in [6.07, 6.45) is 6.71. The molecular weight excluding hydrogens is 372 g/mol. The molecule has 3 heterocycles. The zero-order valence-electron chi connectivity index (χ0n) is 17.0. The molecule has 0 aliphatic carbocycles. The molecule has 1 aromatic carbocycles. The number of nitrogens with one attached hydrogen (secondary N) is 2. The lowest BCUT2D eigenvalue weighted by Crippen LogP contribution is -2.47. The summed E-state index contributed by atoms with van der Waals surface area (Å²) in [5.41, 5.74) is 1.30. The highest BCUT2D eigenvalue weighted by molar-refractivity contribution is 6.30. The van der Waals surface area contributed by atoms with Crippen molar-refractivity contribution in [3.63, 3.8) is 0 Å². The molecule has 0 amide bonds. The molecule has 0 aromatic heterocycles. The summed E-state index contributed by atoms with van der Waals surface area (Å²) >= 11 is 6.28. The summed E-state index contributed by atoms with van der Waals surface area (Å²) in [7, 11) is 2.22. The lowest BCUT2D eigenvalue weighted by atomic mass is 9.85. The van der Waals surface area contributed by atoms with Crippen LogP contribution in [0.1, 0.15) is 50.6 Å². The van der Waals surface area contributed by atoms with Crippen molar-refractivity contribution in [1.82, 2.24) is 15.5 Å². The van der Waals surface area contributed by atoms with Gasteiger partial charge in [-0.2, -0.15) is 0 Å². The monoisotopic (exact) mass is 404 g/mol. The van der Waals surface area contributed by atoms with E-state index in [9.17, 15) is 0 Å². The maximum atomic E-state index is 6.28. The van der Waals surface area contributed by atoms with Gasteiger partial charge in [0.05, 0.1) is 18.2 Å². The van der Waals surface area contributed by atoms with Crippen LogP contribution in [0.4, 0.5) is 0 Å². The minimum Gasteiger partial charge on any atom is -0.373 e. The lowest BCUT2D eigenvalue weighted by Gasteiger charge is -2.39. The van der Waals surface area contributed by atoms with Crippen LogP contribution >= 0.6 is 11.6 Å². The number of ether oxygens (including phenoxy) is 1. The minimum absolute atomic E-state index is 0.355. The van der Waals surface area contributed by atoms with E-state index >= 15 is 0 Å². The number of benzene rings is 1. The number of rotatable bonds is 5. The van der Waals surface area contributed by atoms with Crippen LogP contribution in [0.2, 0.25) is 5.02 Å². The van der Waals surface area contributed by atoms with Gasteiger partial charge in [-0.1, -0.05) is 23.7 Å². The molecule has 6 heteroatoms. The minimum atomic E-state index is 0.355. The zero-order valence-corrected chi connectivity index (χ0v) is 17.8. The molecule has 154 valence electrons. The second kappa shape index (κ2) is 9.02. The summed E-state index contributed by atoms with van der Waals surface area (Å²) in [6.45, 7) is 4.93. The van der Waals surface area contributed by atoms with E-state index in [1.807, 2.05) is 6.07 Å². The zero-order chi connectivity index (χ0) is 19.5. The Kier molecular flexibility index (Phi) is 6.44. The summed E-state index contributed by atoms with van der Waals surface area (Å²) in [5.74, 6) is 1.42. The Morgan fingerprint density at radius 1 is 1.32 bits per heavy atom. The number of piperidine rings is 1. The van der Waals surface area contributed by atoms with Crippen LogP contribution in [0.5, 0.6) is 0 Å². The van der Waals surface area contributed by atoms with Gasteiger partial charge in [-0.15, -0.1) is 0 Å². The van der Waals surface area contributed by atoms with Gasteiger partial charge in [0.15, 0.2) is 5.96 Å². The Balaban J connectivity index is 1.46. The molecule has 1 aromatic rings. The molecular formula is C22H33ClN4O. The molecule has 5 atom stereocenters. The van der Waals surface area contributed by atoms with Crippen LogP contribution in [0.3, 0.4) is 0 Å². The third kappa shape index (κ3) is 4.47. The number of nitrogens with zero attached hydrogens (tertiary/aromatic N) is 2. The summed E-state index contributed by atoms with van der Waals surface area (Å²) in [6, 6.07) is 9.08. The molecule has 2 N–H and O–H groups in total. The predicted octanol–water partition coefficient (Wildman–Crippen LogP) is 3.60. The van der Waals surface area contributed by atoms with Crippen LogP contribution in [0, 0.1) is 5.92 Å². The van der Waals surface area contributed by atoms with E-state index in [1.54, 1.807) is 0 Å². The number of halogens is 1. The highest BCUT2D eigenvalue weighted by Crippen LogP contribution is 2.36. The summed E-state index contributed by atoms with van der Waals surface area (Å²) < 4.78 is 5.99. The Labute approximate surface area is 173 Å². The molecule has 0 radical (unpaired) electrons. The average Bonchev–Trinajstić information content (AvgIpc) is 3.29. The molecule has 2 bridgehead atoms. The van der Waals surface area contributed by atoms with Crippen LogP contribution < -0.4 is 10.6 Å². The number of fused-ring (bicyclic) bond motifs is 2. The third-order valence-corrected chi connectivity index (χ3v) is 6.69. The van der Waals surface area contributed by atoms with Crippen molar-refractivity contribution in [3.05, 3.63) is 34.9 Å². The molecule has 3 fully saturated rings. The van der Waals surface area contributed by atoms with Gasteiger partial charge < -0.3 is 15.4 Å². The van der Waals surface area contributed by atoms with Crippen molar-refractivity contribution in [1.29, 1.82) is 0 Å². The molecule has 3 aliphatic heterocycles. The van der Waals surface area contributed by atoms with E-state index in [0.29, 0.717) is 30.2 Å². The molecule has 3 aliphatic rings. The normalized spacial score (nSPS) is 33.2. The highest BCUT2D eigenvalue weighted by atomic mass is 35.5. The second-order valence-electron chi connectivity index (χ2n) is 8.46. The van der Waals surface area contributed by atoms with Crippen LogP contribution in [0.15, 0.2) is 29.3 Å². The fraction of sp³-hybridized carbons (Fsp3) is 0.682. The third-order valence-electron chi connectivity index (χ3n) is 6.45. The molecule has 0 saturated carbocycles. The first-order valence-corrected chi connectivity index (χ1v) is 11.2. The van der Waals surface area contributed by atoms with Gasteiger partial charge in [-0.3, -0.25) is 9.89 Å². The Bertz CT molecular complexity index is 697. The topological polar surface area (TPSA) is 48.9 Å². The van der Waals surface area contributed by atoms with Crippen LogP contribution in [-0.2, 0) is 4.74 Å². The van der Waals surface area contributed by atoms with E-state index in [0.717, 1.165) is 37.0 Å². The Morgan fingerprint density at radius 2 is 2.21 bits per heavy atom. The number of hydrogen-bond acceptors (Lipinski definition) is 3. The SMILES string of the molecule is CCNC(=NCC1CCCN(C)C1c1cccc(Cl)c1)NC1CC2CCC1O2. The van der Waals surface area contributed by atoms with Crippen molar-refractivity contribution < 1.29 is 4.74 Å². The van der Waals surface area contributed by atoms with E-state index < -0.39 is 0 Å². The first-order chi connectivity index (χ1) is 13.6. The predicted molar refractivity (Wildman–Crippen MR) is 115 cm³/mol. The molecule has 4 rings (SSSR count). The number of aliphatic imine (C=N–C) groups is 1. The van der Waals surface area contributed by atoms with Crippen molar-refractivity contribution in [3.8, 4) is 0 Å². The fourth-order valence-corrected chi connectivity index (χ4v) is 5.36. The molecule has 0 spiro atoms. The number of hydrogen-bond donors (Lipinski definition) is 2. The van der Waals surface area contributed by atoms with Crippen molar-refractivity contribution >= 4 is 17.6 Å². The Hall–Kier alpha value is -1.30. The fourth-order valence-electron chi connectivity index (χ4n) is 5.16. The van der Waals surface area contributed by atoms with Gasteiger partial charge >= 0.3 is 0 Å². The van der Waals surface area contributed by atoms with Crippen molar-refractivity contribution in [2.24, 2.45) is 10.9 Å². The lowest BCUT2D eigenvalue weighted by molar-refractivity contribution is 0.0992.